The van der Waals surface area contributed by atoms with E-state index in [2.05, 4.69) is 116 Å². The van der Waals surface area contributed by atoms with Crippen molar-refractivity contribution in [1.82, 2.24) is 0 Å². The lowest BCUT2D eigenvalue weighted by molar-refractivity contribution is 1.21. The first-order valence-electron chi connectivity index (χ1n) is 8.93. The van der Waals surface area contributed by atoms with Crippen molar-refractivity contribution in [3.8, 4) is 0 Å². The average Bonchev–Trinajstić information content (AvgIpc) is 2.70. The van der Waals surface area contributed by atoms with E-state index in [9.17, 15) is 0 Å². The number of rotatable bonds is 6. The van der Waals surface area contributed by atoms with E-state index in [1.54, 1.807) is 0 Å². The maximum absolute atomic E-state index is 2.55. The van der Waals surface area contributed by atoms with Crippen LogP contribution >= 0.6 is 6.89 Å². The molecule has 1 heteroatoms. The fourth-order valence-electron chi connectivity index (χ4n) is 3.23. The highest BCUT2D eigenvalue weighted by atomic mass is 31.2. The molecule has 0 unspecified atom stereocenters. The van der Waals surface area contributed by atoms with Gasteiger partial charge in [-0.1, -0.05) is 116 Å². The molecule has 0 bridgehead atoms. The summed E-state index contributed by atoms with van der Waals surface area (Å²) in [7, 11) is 0. The van der Waals surface area contributed by atoms with Gasteiger partial charge in [0.15, 0.2) is 0 Å². The van der Waals surface area contributed by atoms with Crippen LogP contribution < -0.4 is 15.9 Å². The molecule has 0 radical (unpaired) electrons. The molecule has 0 amide bonds. The Morgan fingerprint density at radius 3 is 1.36 bits per heavy atom. The summed E-state index contributed by atoms with van der Waals surface area (Å²) in [6.45, 7) is 0.415. The van der Waals surface area contributed by atoms with Gasteiger partial charge in [-0.2, -0.15) is 0 Å². The molecule has 0 saturated heterocycles. The van der Waals surface area contributed by atoms with Gasteiger partial charge in [-0.3, -0.25) is 0 Å². The molecule has 0 nitrogen and oxygen atoms in total. The van der Waals surface area contributed by atoms with Crippen LogP contribution in [0.3, 0.4) is 0 Å². The van der Waals surface area contributed by atoms with Crippen molar-refractivity contribution in [3.63, 3.8) is 0 Å². The molecule has 0 fully saturated rings. The van der Waals surface area contributed by atoms with Crippen molar-refractivity contribution >= 4 is 28.6 Å². The van der Waals surface area contributed by atoms with E-state index in [1.165, 1.54) is 15.9 Å². The van der Waals surface area contributed by atoms with E-state index in [1.807, 2.05) is 0 Å². The van der Waals surface area contributed by atoms with E-state index in [0.717, 1.165) is 12.8 Å². The van der Waals surface area contributed by atoms with Crippen molar-refractivity contribution in [2.24, 2.45) is 0 Å². The lowest BCUT2D eigenvalue weighted by Crippen LogP contribution is -2.26. The zero-order valence-electron chi connectivity index (χ0n) is 14.8. The molecular formula is C24H25P. The Hall–Kier alpha value is -2.30. The van der Waals surface area contributed by atoms with Crippen molar-refractivity contribution < 1.29 is 0 Å². The second-order valence-electron chi connectivity index (χ2n) is 6.03. The first-order valence-corrected chi connectivity index (χ1v) is 10.8. The molecule has 3 rings (SSSR count). The van der Waals surface area contributed by atoms with Gasteiger partial charge >= 0.3 is 0 Å². The second-order valence-corrected chi connectivity index (χ2v) is 9.39. The van der Waals surface area contributed by atoms with Crippen LogP contribution in [-0.4, -0.2) is 5.80 Å². The summed E-state index contributed by atoms with van der Waals surface area (Å²) in [4.78, 5) is 0. The molecule has 0 atom stereocenters. The molecule has 0 spiro atoms. The first-order chi connectivity index (χ1) is 12.4. The first kappa shape index (κ1) is 17.5. The van der Waals surface area contributed by atoms with E-state index in [-0.39, 0.29) is 0 Å². The van der Waals surface area contributed by atoms with Crippen LogP contribution in [0, 0.1) is 0 Å². The Labute approximate surface area is 151 Å². The van der Waals surface area contributed by atoms with Gasteiger partial charge in [0.05, 0.1) is 0 Å². The number of hydrogen-bond donors (Lipinski definition) is 0. The molecule has 0 aromatic heterocycles. The van der Waals surface area contributed by atoms with Gasteiger partial charge in [0.1, 0.15) is 0 Å². The van der Waals surface area contributed by atoms with E-state index < -0.39 is 6.89 Å². The Morgan fingerprint density at radius 1 is 0.600 bits per heavy atom. The molecule has 0 saturated carbocycles. The van der Waals surface area contributed by atoms with Crippen LogP contribution in [0.4, 0.5) is 0 Å². The van der Waals surface area contributed by atoms with Gasteiger partial charge in [0, 0.05) is 0 Å². The summed E-state index contributed by atoms with van der Waals surface area (Å²) in [6, 6.07) is 33.0. The Balaban J connectivity index is 2.30. The number of hydrogen-bond acceptors (Lipinski definition) is 0. The molecule has 3 aromatic carbocycles. The van der Waals surface area contributed by atoms with Gasteiger partial charge in [0.2, 0.25) is 0 Å². The van der Waals surface area contributed by atoms with E-state index in [0.29, 0.717) is 0 Å². The topological polar surface area (TPSA) is 0 Å². The van der Waals surface area contributed by atoms with Crippen molar-refractivity contribution in [2.75, 3.05) is 0 Å². The lowest BCUT2D eigenvalue weighted by atomic mass is 10.3. The van der Waals surface area contributed by atoms with E-state index >= 15 is 0 Å². The van der Waals surface area contributed by atoms with Crippen LogP contribution in [0.5, 0.6) is 0 Å². The van der Waals surface area contributed by atoms with Gasteiger partial charge in [0.25, 0.3) is 0 Å². The molecule has 0 N–H and O–H groups in total. The quantitative estimate of drug-likeness (QED) is 0.429. The SMILES string of the molecule is CC/C=C/CC=P(c1ccccc1)(c1ccccc1)c1ccccc1. The monoisotopic (exact) mass is 344 g/mol. The molecule has 0 aliphatic carbocycles. The van der Waals surface area contributed by atoms with Crippen LogP contribution in [-0.2, 0) is 0 Å². The van der Waals surface area contributed by atoms with Gasteiger partial charge in [-0.05, 0) is 35.6 Å². The summed E-state index contributed by atoms with van der Waals surface area (Å²) in [5.74, 6) is 2.55. The molecule has 0 aliphatic rings. The third-order valence-electron chi connectivity index (χ3n) is 4.41. The maximum Gasteiger partial charge on any atom is -0.0156 e. The minimum Gasteiger partial charge on any atom is -0.0885 e. The Kier molecular flexibility index (Phi) is 6.09. The van der Waals surface area contributed by atoms with Gasteiger partial charge < -0.3 is 0 Å². The lowest BCUT2D eigenvalue weighted by Gasteiger charge is -2.28. The van der Waals surface area contributed by atoms with Crippen LogP contribution in [0.15, 0.2) is 103 Å². The molecular weight excluding hydrogens is 319 g/mol. The zero-order chi connectivity index (χ0) is 17.4. The molecule has 25 heavy (non-hydrogen) atoms. The van der Waals surface area contributed by atoms with Crippen molar-refractivity contribution in [1.29, 1.82) is 0 Å². The standard InChI is InChI=1S/C24H25P/c1-2-3-4-14-21-25(22-15-8-5-9-16-22,23-17-10-6-11-18-23)24-19-12-7-13-20-24/h3-13,15-21H,2,14H2,1H3/b4-3+. The third kappa shape index (κ3) is 3.86. The summed E-state index contributed by atoms with van der Waals surface area (Å²) >= 11 is 0. The largest absolute Gasteiger partial charge is 0.0885 e. The molecule has 0 aliphatic heterocycles. The average molecular weight is 344 g/mol. The highest BCUT2D eigenvalue weighted by Gasteiger charge is 2.23. The van der Waals surface area contributed by atoms with Crippen molar-refractivity contribution in [3.05, 3.63) is 103 Å². The molecule has 126 valence electrons. The van der Waals surface area contributed by atoms with Crippen LogP contribution in [0.2, 0.25) is 0 Å². The predicted molar refractivity (Wildman–Crippen MR) is 115 cm³/mol. The number of allylic oxidation sites excluding steroid dienone is 2. The fraction of sp³-hybridized carbons (Fsp3) is 0.125. The van der Waals surface area contributed by atoms with Crippen LogP contribution in [0.1, 0.15) is 19.8 Å². The fourth-order valence-corrected chi connectivity index (χ4v) is 7.13. The smallest absolute Gasteiger partial charge is 0.0156 e. The van der Waals surface area contributed by atoms with E-state index in [4.69, 9.17) is 0 Å². The molecule has 3 aromatic rings. The summed E-state index contributed by atoms with van der Waals surface area (Å²) in [6.07, 6.45) is 6.62. The van der Waals surface area contributed by atoms with Crippen molar-refractivity contribution in [2.45, 2.75) is 19.8 Å². The van der Waals surface area contributed by atoms with Gasteiger partial charge in [-0.25, -0.2) is 0 Å². The van der Waals surface area contributed by atoms with Crippen LogP contribution in [0.25, 0.3) is 0 Å². The maximum atomic E-state index is 2.55. The van der Waals surface area contributed by atoms with Gasteiger partial charge in [-0.15, -0.1) is 0 Å². The zero-order valence-corrected chi connectivity index (χ0v) is 15.6. The summed E-state index contributed by atoms with van der Waals surface area (Å²) in [5.41, 5.74) is 0. The molecule has 0 heterocycles. The summed E-state index contributed by atoms with van der Waals surface area (Å²) in [5, 5.41) is 4.24. The summed E-state index contributed by atoms with van der Waals surface area (Å²) < 4.78 is 0. The normalized spacial score (nSPS) is 11.6. The third-order valence-corrected chi connectivity index (χ3v) is 8.50. The Morgan fingerprint density at radius 2 is 1.00 bits per heavy atom. The minimum absolute atomic E-state index is 0.986. The minimum atomic E-state index is -1.77. The predicted octanol–water partition coefficient (Wildman–Crippen LogP) is 5.14. The Bertz CT molecular complexity index is 743. The second kappa shape index (κ2) is 8.70. The highest BCUT2D eigenvalue weighted by molar-refractivity contribution is 7.94. The number of benzene rings is 3. The highest BCUT2D eigenvalue weighted by Crippen LogP contribution is 2.43.